The second-order valence-electron chi connectivity index (χ2n) is 3.22. The highest BCUT2D eigenvalue weighted by atomic mass is 32.2. The van der Waals surface area contributed by atoms with E-state index >= 15 is 0 Å². The fourth-order valence-corrected chi connectivity index (χ4v) is 1.73. The zero-order valence-corrected chi connectivity index (χ0v) is 9.68. The fraction of sp³-hybridized carbons (Fsp3) is 0.444. The van der Waals surface area contributed by atoms with Crippen LogP contribution in [0.15, 0.2) is 16.0 Å². The molecule has 0 spiro atoms. The van der Waals surface area contributed by atoms with Gasteiger partial charge in [0.1, 0.15) is 0 Å². The van der Waals surface area contributed by atoms with Crippen molar-refractivity contribution < 1.29 is 18.7 Å². The Morgan fingerprint density at radius 3 is 2.82 bits per heavy atom. The molecule has 0 aliphatic carbocycles. The van der Waals surface area contributed by atoms with Gasteiger partial charge in [-0.1, -0.05) is 13.3 Å². The van der Waals surface area contributed by atoms with Crippen LogP contribution in [0.1, 0.15) is 19.0 Å². The van der Waals surface area contributed by atoms with E-state index in [2.05, 4.69) is 9.97 Å². The Labute approximate surface area is 99.3 Å². The van der Waals surface area contributed by atoms with Crippen molar-refractivity contribution in [3.63, 3.8) is 0 Å². The third-order valence-electron chi connectivity index (χ3n) is 1.75. The first-order chi connectivity index (χ1) is 7.85. The second-order valence-corrected chi connectivity index (χ2v) is 4.32. The monoisotopic (exact) mass is 264 g/mol. The number of hydrogen-bond donors (Lipinski definition) is 2. The van der Waals surface area contributed by atoms with Crippen LogP contribution in [-0.2, 0) is 11.2 Å². The van der Waals surface area contributed by atoms with Gasteiger partial charge in [-0.25, -0.2) is 9.78 Å². The molecule has 0 aliphatic heterocycles. The van der Waals surface area contributed by atoms with Gasteiger partial charge in [-0.3, -0.25) is 4.79 Å². The minimum atomic E-state index is -4.01. The molecule has 1 aromatic rings. The first-order valence-electron chi connectivity index (χ1n) is 4.75. The number of thioether (sulfide) groups is 1. The first-order valence-corrected chi connectivity index (χ1v) is 5.57. The molecule has 0 aromatic carbocycles. The van der Waals surface area contributed by atoms with Crippen molar-refractivity contribution in [2.45, 2.75) is 30.2 Å². The van der Waals surface area contributed by atoms with E-state index in [-0.39, 0.29) is 11.8 Å². The van der Waals surface area contributed by atoms with E-state index in [0.717, 1.165) is 0 Å². The van der Waals surface area contributed by atoms with Crippen molar-refractivity contribution in [2.24, 2.45) is 0 Å². The maximum absolute atomic E-state index is 12.9. The van der Waals surface area contributed by atoms with Gasteiger partial charge in [-0.05, 0) is 18.2 Å². The summed E-state index contributed by atoms with van der Waals surface area (Å²) in [5.41, 5.74) is -0.216. The van der Waals surface area contributed by atoms with Gasteiger partial charge >= 0.3 is 11.2 Å². The molecule has 5 nitrogen and oxygen atoms in total. The summed E-state index contributed by atoms with van der Waals surface area (Å²) in [6, 6.07) is 1.20. The molecular weight excluding hydrogens is 254 g/mol. The molecule has 0 atom stereocenters. The number of aromatic amines is 1. The summed E-state index contributed by atoms with van der Waals surface area (Å²) in [6.07, 6.45) is 1.17. The van der Waals surface area contributed by atoms with Crippen LogP contribution in [0.3, 0.4) is 0 Å². The van der Waals surface area contributed by atoms with Gasteiger partial charge < -0.3 is 10.1 Å². The molecule has 1 aromatic heterocycles. The van der Waals surface area contributed by atoms with Gasteiger partial charge in [-0.2, -0.15) is 8.78 Å². The Hall–Kier alpha value is -1.44. The lowest BCUT2D eigenvalue weighted by atomic mass is 10.2. The average Bonchev–Trinajstić information content (AvgIpc) is 2.15. The average molecular weight is 264 g/mol. The molecule has 0 aliphatic rings. The number of nitrogens with one attached hydrogen (secondary N) is 1. The highest BCUT2D eigenvalue weighted by molar-refractivity contribution is 8.00. The zero-order chi connectivity index (χ0) is 13.1. The Morgan fingerprint density at radius 1 is 1.65 bits per heavy atom. The van der Waals surface area contributed by atoms with Gasteiger partial charge in [0.05, 0.1) is 0 Å². The molecular formula is C9H10F2N2O3S. The number of aromatic nitrogens is 2. The van der Waals surface area contributed by atoms with E-state index in [1.54, 1.807) is 0 Å². The maximum atomic E-state index is 12.9. The minimum absolute atomic E-state index is 0.291. The lowest BCUT2D eigenvalue weighted by Crippen LogP contribution is -2.25. The molecule has 0 radical (unpaired) electrons. The van der Waals surface area contributed by atoms with Gasteiger partial charge in [0, 0.05) is 11.8 Å². The van der Waals surface area contributed by atoms with Crippen molar-refractivity contribution in [2.75, 3.05) is 0 Å². The predicted octanol–water partition coefficient (Wildman–Crippen LogP) is 1.49. The largest absolute Gasteiger partial charge is 0.476 e. The molecule has 1 heterocycles. The van der Waals surface area contributed by atoms with Crippen LogP contribution in [0.5, 0.6) is 0 Å². The van der Waals surface area contributed by atoms with Crippen LogP contribution in [0, 0.1) is 0 Å². The molecule has 0 fully saturated rings. The molecule has 0 amide bonds. The number of hydrogen-bond acceptors (Lipinski definition) is 4. The first kappa shape index (κ1) is 13.6. The number of carboxylic acids is 1. The zero-order valence-electron chi connectivity index (χ0n) is 8.87. The summed E-state index contributed by atoms with van der Waals surface area (Å²) in [6.45, 7) is 1.85. The number of rotatable bonds is 5. The minimum Gasteiger partial charge on any atom is -0.476 e. The van der Waals surface area contributed by atoms with Gasteiger partial charge in [0.2, 0.25) is 0 Å². The Bertz CT molecular complexity index is 476. The van der Waals surface area contributed by atoms with Crippen LogP contribution in [-0.4, -0.2) is 26.3 Å². The highest BCUT2D eigenvalue weighted by Crippen LogP contribution is 2.33. The number of carbonyl (C=O) groups is 1. The van der Waals surface area contributed by atoms with Crippen LogP contribution in [0.4, 0.5) is 8.78 Å². The number of H-pyrrole nitrogens is 1. The molecule has 0 bridgehead atoms. The standard InChI is InChI=1S/C9H10F2N2O3S/c1-2-3-5-4-6(14)13-8(12-5)17-9(10,11)7(15)16/h4H,2-3H2,1H3,(H,15,16)(H,12,13,14). The quantitative estimate of drug-likeness (QED) is 0.622. The number of aliphatic carboxylic acids is 1. The molecule has 8 heteroatoms. The number of halogens is 2. The van der Waals surface area contributed by atoms with E-state index in [1.807, 2.05) is 6.92 Å². The highest BCUT2D eigenvalue weighted by Gasteiger charge is 2.41. The maximum Gasteiger partial charge on any atom is 0.395 e. The summed E-state index contributed by atoms with van der Waals surface area (Å²) in [5.74, 6) is -2.27. The summed E-state index contributed by atoms with van der Waals surface area (Å²) < 4.78 is 25.8. The summed E-state index contributed by atoms with van der Waals surface area (Å²) in [4.78, 5) is 27.2. The van der Waals surface area contributed by atoms with Crippen LogP contribution < -0.4 is 5.56 Å². The number of alkyl halides is 2. The van der Waals surface area contributed by atoms with E-state index in [9.17, 15) is 18.4 Å². The van der Waals surface area contributed by atoms with Crippen LogP contribution in [0.2, 0.25) is 0 Å². The van der Waals surface area contributed by atoms with Crippen molar-refractivity contribution in [3.8, 4) is 0 Å². The van der Waals surface area contributed by atoms with E-state index < -0.39 is 21.9 Å². The Kier molecular flexibility index (Phi) is 4.22. The fourth-order valence-electron chi connectivity index (χ4n) is 1.08. The molecule has 94 valence electrons. The summed E-state index contributed by atoms with van der Waals surface area (Å²) in [7, 11) is 0. The predicted molar refractivity (Wildman–Crippen MR) is 57.3 cm³/mol. The van der Waals surface area contributed by atoms with Gasteiger partial charge in [0.25, 0.3) is 5.56 Å². The molecule has 17 heavy (non-hydrogen) atoms. The lowest BCUT2D eigenvalue weighted by Gasteiger charge is -2.09. The van der Waals surface area contributed by atoms with Crippen LogP contribution in [0.25, 0.3) is 0 Å². The van der Waals surface area contributed by atoms with Crippen LogP contribution >= 0.6 is 11.8 Å². The normalized spacial score (nSPS) is 11.5. The number of nitrogens with zero attached hydrogens (tertiary/aromatic N) is 1. The van der Waals surface area contributed by atoms with Crippen molar-refractivity contribution in [1.29, 1.82) is 0 Å². The van der Waals surface area contributed by atoms with Crippen molar-refractivity contribution in [3.05, 3.63) is 22.1 Å². The molecule has 0 saturated heterocycles. The Balaban J connectivity index is 2.99. The van der Waals surface area contributed by atoms with E-state index in [0.29, 0.717) is 18.5 Å². The third kappa shape index (κ3) is 3.81. The molecule has 0 unspecified atom stereocenters. The van der Waals surface area contributed by atoms with E-state index in [1.165, 1.54) is 6.07 Å². The lowest BCUT2D eigenvalue weighted by molar-refractivity contribution is -0.152. The Morgan fingerprint density at radius 2 is 2.29 bits per heavy atom. The molecule has 1 rings (SSSR count). The smallest absolute Gasteiger partial charge is 0.395 e. The summed E-state index contributed by atoms with van der Waals surface area (Å²) >= 11 is -0.291. The molecule has 0 saturated carbocycles. The van der Waals surface area contributed by atoms with Gasteiger partial charge in [0.15, 0.2) is 5.16 Å². The number of aryl methyl sites for hydroxylation is 1. The molecule has 2 N–H and O–H groups in total. The van der Waals surface area contributed by atoms with E-state index in [4.69, 9.17) is 5.11 Å². The van der Waals surface area contributed by atoms with Crippen molar-refractivity contribution >= 4 is 17.7 Å². The SMILES string of the molecule is CCCc1cc(=O)[nH]c(SC(F)(F)C(=O)O)n1. The summed E-state index contributed by atoms with van der Waals surface area (Å²) in [5, 5.41) is 3.85. The topological polar surface area (TPSA) is 83.0 Å². The second kappa shape index (κ2) is 5.26. The third-order valence-corrected chi connectivity index (χ3v) is 2.57. The van der Waals surface area contributed by atoms with Gasteiger partial charge in [-0.15, -0.1) is 0 Å². The van der Waals surface area contributed by atoms with Crippen molar-refractivity contribution in [1.82, 2.24) is 9.97 Å². The number of carboxylic acid groups (broad SMARTS) is 1.